The van der Waals surface area contributed by atoms with Crippen molar-refractivity contribution in [3.63, 3.8) is 0 Å². The summed E-state index contributed by atoms with van der Waals surface area (Å²) in [6, 6.07) is 6.46. The lowest BCUT2D eigenvalue weighted by Crippen LogP contribution is -2.02. The second-order valence-electron chi connectivity index (χ2n) is 3.53. The molecule has 0 aliphatic rings. The first-order valence-electron chi connectivity index (χ1n) is 5.50. The topological polar surface area (TPSA) is 95.1 Å². The number of benzene rings is 1. The van der Waals surface area contributed by atoms with Crippen molar-refractivity contribution in [2.45, 2.75) is 0 Å². The molecular formula is C10H18N2O6P2. The van der Waals surface area contributed by atoms with E-state index in [1.165, 1.54) is 28.4 Å². The van der Waals surface area contributed by atoms with Crippen LogP contribution in [0, 0.1) is 0 Å². The van der Waals surface area contributed by atoms with Crippen LogP contribution in [0.3, 0.4) is 0 Å². The fraction of sp³-hybridized carbons (Fsp3) is 0.400. The van der Waals surface area contributed by atoms with Gasteiger partial charge in [0.2, 0.25) is 0 Å². The molecule has 1 rings (SSSR count). The Balaban J connectivity index is 2.79. The van der Waals surface area contributed by atoms with E-state index in [4.69, 9.17) is 18.1 Å². The van der Waals surface area contributed by atoms with E-state index in [1.54, 1.807) is 24.3 Å². The van der Waals surface area contributed by atoms with Crippen LogP contribution >= 0.6 is 15.5 Å². The summed E-state index contributed by atoms with van der Waals surface area (Å²) in [5.74, 6) is 0. The molecule has 0 radical (unpaired) electrons. The minimum absolute atomic E-state index is 0.521. The molecule has 0 unspecified atom stereocenters. The smallest absolute Gasteiger partial charge is 0.296 e. The quantitative estimate of drug-likeness (QED) is 0.703. The summed E-state index contributed by atoms with van der Waals surface area (Å²) >= 11 is 0. The Labute approximate surface area is 117 Å². The van der Waals surface area contributed by atoms with E-state index >= 15 is 0 Å². The van der Waals surface area contributed by atoms with Gasteiger partial charge in [-0.05, 0) is 24.3 Å². The lowest BCUT2D eigenvalue weighted by Gasteiger charge is -2.17. The zero-order chi connectivity index (χ0) is 15.2. The van der Waals surface area contributed by atoms with Gasteiger partial charge in [0, 0.05) is 39.8 Å². The first-order valence-corrected chi connectivity index (χ1v) is 8.58. The molecule has 1 aromatic carbocycles. The number of hydrogen-bond donors (Lipinski definition) is 2. The van der Waals surface area contributed by atoms with Gasteiger partial charge in [-0.1, -0.05) is 0 Å². The van der Waals surface area contributed by atoms with E-state index in [1.807, 2.05) is 0 Å². The molecule has 2 N–H and O–H groups in total. The fourth-order valence-electron chi connectivity index (χ4n) is 1.27. The maximum atomic E-state index is 11.9. The summed E-state index contributed by atoms with van der Waals surface area (Å²) in [5, 5.41) is 5.25. The van der Waals surface area contributed by atoms with Crippen molar-refractivity contribution in [3.05, 3.63) is 24.3 Å². The third kappa shape index (κ3) is 4.59. The van der Waals surface area contributed by atoms with Crippen molar-refractivity contribution in [1.82, 2.24) is 0 Å². The van der Waals surface area contributed by atoms with Gasteiger partial charge < -0.3 is 0 Å². The standard InChI is InChI=1S/C10H18N2O6P2/c1-15-19(13,16-2)11-9-5-7-10(8-6-9)12-20(14,17-3)18-4/h5-8H,1-4H3,(H,11,13)(H,12,14). The van der Waals surface area contributed by atoms with Crippen LogP contribution in [-0.2, 0) is 27.2 Å². The van der Waals surface area contributed by atoms with Crippen molar-refractivity contribution in [2.75, 3.05) is 38.6 Å². The monoisotopic (exact) mass is 324 g/mol. The summed E-state index contributed by atoms with van der Waals surface area (Å²) in [6.07, 6.45) is 0. The van der Waals surface area contributed by atoms with E-state index < -0.39 is 15.5 Å². The molecule has 0 aliphatic heterocycles. The van der Waals surface area contributed by atoms with E-state index in [-0.39, 0.29) is 0 Å². The summed E-state index contributed by atoms with van der Waals surface area (Å²) in [7, 11) is -1.58. The Hall–Kier alpha value is -0.880. The van der Waals surface area contributed by atoms with Gasteiger partial charge in [-0.15, -0.1) is 0 Å². The van der Waals surface area contributed by atoms with Crippen LogP contribution < -0.4 is 10.2 Å². The maximum absolute atomic E-state index is 11.9. The third-order valence-corrected chi connectivity index (χ3v) is 5.37. The highest BCUT2D eigenvalue weighted by Crippen LogP contribution is 2.48. The van der Waals surface area contributed by atoms with Gasteiger partial charge in [0.25, 0.3) is 0 Å². The first kappa shape index (κ1) is 17.2. The van der Waals surface area contributed by atoms with Gasteiger partial charge in [0.15, 0.2) is 0 Å². The molecule has 0 bridgehead atoms. The second-order valence-corrected chi connectivity index (χ2v) is 7.42. The molecule has 0 aromatic heterocycles. The molecule has 0 heterocycles. The molecule has 0 saturated carbocycles. The average molecular weight is 324 g/mol. The molecule has 0 fully saturated rings. The predicted octanol–water partition coefficient (Wildman–Crippen LogP) is 3.31. The molecule has 10 heteroatoms. The molecule has 8 nitrogen and oxygen atoms in total. The number of anilines is 2. The average Bonchev–Trinajstić information content (AvgIpc) is 2.49. The molecular weight excluding hydrogens is 306 g/mol. The Morgan fingerprint density at radius 1 is 0.700 bits per heavy atom. The Morgan fingerprint density at radius 2 is 0.950 bits per heavy atom. The highest BCUT2D eigenvalue weighted by molar-refractivity contribution is 7.55. The van der Waals surface area contributed by atoms with Crippen LogP contribution in [0.1, 0.15) is 0 Å². The Kier molecular flexibility index (Phi) is 6.20. The molecule has 0 atom stereocenters. The van der Waals surface area contributed by atoms with Gasteiger partial charge in [0.05, 0.1) is 0 Å². The van der Waals surface area contributed by atoms with E-state index in [9.17, 15) is 9.13 Å². The fourth-order valence-corrected chi connectivity index (χ4v) is 2.86. The van der Waals surface area contributed by atoms with Crippen LogP contribution in [0.4, 0.5) is 11.4 Å². The minimum Gasteiger partial charge on any atom is -0.296 e. The molecule has 20 heavy (non-hydrogen) atoms. The maximum Gasteiger partial charge on any atom is 0.432 e. The van der Waals surface area contributed by atoms with Crippen molar-refractivity contribution >= 4 is 26.9 Å². The van der Waals surface area contributed by atoms with Crippen LogP contribution in [0.15, 0.2) is 24.3 Å². The van der Waals surface area contributed by atoms with E-state index in [0.717, 1.165) is 0 Å². The zero-order valence-electron chi connectivity index (χ0n) is 11.7. The van der Waals surface area contributed by atoms with Crippen molar-refractivity contribution in [1.29, 1.82) is 0 Å². The largest absolute Gasteiger partial charge is 0.432 e. The summed E-state index contributed by atoms with van der Waals surface area (Å²) in [5.41, 5.74) is 1.04. The molecule has 114 valence electrons. The van der Waals surface area contributed by atoms with Gasteiger partial charge in [-0.25, -0.2) is 9.13 Å². The minimum atomic E-state index is -3.35. The van der Waals surface area contributed by atoms with Gasteiger partial charge in [-0.2, -0.15) is 0 Å². The second kappa shape index (κ2) is 7.22. The lowest BCUT2D eigenvalue weighted by molar-refractivity contribution is 0.280. The summed E-state index contributed by atoms with van der Waals surface area (Å²) in [4.78, 5) is 0. The highest BCUT2D eigenvalue weighted by Gasteiger charge is 2.22. The SMILES string of the molecule is COP(=O)(Nc1ccc(NP(=O)(OC)OC)cc1)OC. The van der Waals surface area contributed by atoms with E-state index in [0.29, 0.717) is 11.4 Å². The Bertz CT molecular complexity index is 458. The molecule has 0 saturated heterocycles. The van der Waals surface area contributed by atoms with Crippen LogP contribution in [-0.4, -0.2) is 28.4 Å². The summed E-state index contributed by atoms with van der Waals surface area (Å²) in [6.45, 7) is 0. The highest BCUT2D eigenvalue weighted by atomic mass is 31.2. The number of hydrogen-bond acceptors (Lipinski definition) is 6. The number of rotatable bonds is 8. The Morgan fingerprint density at radius 3 is 1.15 bits per heavy atom. The van der Waals surface area contributed by atoms with Crippen LogP contribution in [0.2, 0.25) is 0 Å². The molecule has 0 amide bonds. The number of nitrogens with one attached hydrogen (secondary N) is 2. The van der Waals surface area contributed by atoms with Gasteiger partial charge in [-0.3, -0.25) is 28.3 Å². The molecule has 0 aliphatic carbocycles. The lowest BCUT2D eigenvalue weighted by atomic mass is 10.3. The first-order chi connectivity index (χ1) is 9.40. The van der Waals surface area contributed by atoms with Gasteiger partial charge in [0.1, 0.15) is 0 Å². The van der Waals surface area contributed by atoms with Crippen LogP contribution in [0.25, 0.3) is 0 Å². The predicted molar refractivity (Wildman–Crippen MR) is 76.9 cm³/mol. The van der Waals surface area contributed by atoms with Crippen molar-refractivity contribution in [3.8, 4) is 0 Å². The molecule has 1 aromatic rings. The summed E-state index contributed by atoms with van der Waals surface area (Å²) < 4.78 is 42.8. The normalized spacial score (nSPS) is 12.2. The third-order valence-electron chi connectivity index (χ3n) is 2.38. The van der Waals surface area contributed by atoms with Crippen LogP contribution in [0.5, 0.6) is 0 Å². The van der Waals surface area contributed by atoms with Crippen molar-refractivity contribution in [2.24, 2.45) is 0 Å². The van der Waals surface area contributed by atoms with Crippen molar-refractivity contribution < 1.29 is 27.2 Å². The molecule has 0 spiro atoms. The van der Waals surface area contributed by atoms with E-state index in [2.05, 4.69) is 10.2 Å². The zero-order valence-corrected chi connectivity index (χ0v) is 13.4. The van der Waals surface area contributed by atoms with Gasteiger partial charge >= 0.3 is 15.5 Å².